The summed E-state index contributed by atoms with van der Waals surface area (Å²) in [6.45, 7) is 4.23. The largest absolute Gasteiger partial charge is 0.376 e. The van der Waals surface area contributed by atoms with Crippen molar-refractivity contribution in [3.63, 3.8) is 0 Å². The first kappa shape index (κ1) is 13.6. The molecule has 1 aromatic heterocycles. The smallest absolute Gasteiger partial charge is 0.116 e. The SMILES string of the molecule is Cc1ccc(NC(C)c2nc3ccccc3s2)cc1Br. The molecule has 2 nitrogen and oxygen atoms in total. The quantitative estimate of drug-likeness (QED) is 0.673. The van der Waals surface area contributed by atoms with E-state index in [1.54, 1.807) is 11.3 Å². The number of rotatable bonds is 3. The summed E-state index contributed by atoms with van der Waals surface area (Å²) in [6, 6.07) is 14.8. The minimum atomic E-state index is 0.196. The Bertz CT molecular complexity index is 718. The van der Waals surface area contributed by atoms with Crippen molar-refractivity contribution in [1.29, 1.82) is 0 Å². The molecule has 102 valence electrons. The maximum absolute atomic E-state index is 4.69. The molecule has 0 aliphatic rings. The highest BCUT2D eigenvalue weighted by atomic mass is 79.9. The van der Waals surface area contributed by atoms with E-state index < -0.39 is 0 Å². The first-order valence-corrected chi connectivity index (χ1v) is 8.12. The third-order valence-corrected chi connectivity index (χ3v) is 5.31. The normalized spacial score (nSPS) is 12.6. The van der Waals surface area contributed by atoms with E-state index in [-0.39, 0.29) is 6.04 Å². The Labute approximate surface area is 131 Å². The van der Waals surface area contributed by atoms with Crippen LogP contribution in [0.5, 0.6) is 0 Å². The molecule has 2 aromatic carbocycles. The fourth-order valence-corrected chi connectivity index (χ4v) is 3.42. The zero-order chi connectivity index (χ0) is 14.1. The number of para-hydroxylation sites is 1. The van der Waals surface area contributed by atoms with Crippen molar-refractivity contribution >= 4 is 43.2 Å². The van der Waals surface area contributed by atoms with E-state index in [1.807, 2.05) is 6.07 Å². The Morgan fingerprint density at radius 1 is 1.20 bits per heavy atom. The third-order valence-electron chi connectivity index (χ3n) is 3.24. The number of aryl methyl sites for hydroxylation is 1. The number of nitrogens with zero attached hydrogens (tertiary/aromatic N) is 1. The van der Waals surface area contributed by atoms with Gasteiger partial charge in [-0.1, -0.05) is 34.1 Å². The van der Waals surface area contributed by atoms with Crippen LogP contribution < -0.4 is 5.32 Å². The van der Waals surface area contributed by atoms with E-state index in [0.29, 0.717) is 0 Å². The molecule has 1 unspecified atom stereocenters. The molecular weight excluding hydrogens is 332 g/mol. The Morgan fingerprint density at radius 3 is 2.75 bits per heavy atom. The fraction of sp³-hybridized carbons (Fsp3) is 0.188. The third kappa shape index (κ3) is 2.72. The van der Waals surface area contributed by atoms with Gasteiger partial charge < -0.3 is 5.32 Å². The lowest BCUT2D eigenvalue weighted by molar-refractivity contribution is 0.874. The highest BCUT2D eigenvalue weighted by Crippen LogP contribution is 2.29. The number of fused-ring (bicyclic) bond motifs is 1. The van der Waals surface area contributed by atoms with Crippen LogP contribution in [0.15, 0.2) is 46.9 Å². The molecule has 0 saturated heterocycles. The first-order chi connectivity index (χ1) is 9.63. The van der Waals surface area contributed by atoms with Gasteiger partial charge in [0.15, 0.2) is 0 Å². The first-order valence-electron chi connectivity index (χ1n) is 6.51. The molecule has 0 amide bonds. The van der Waals surface area contributed by atoms with Crippen molar-refractivity contribution in [2.75, 3.05) is 5.32 Å². The van der Waals surface area contributed by atoms with Gasteiger partial charge in [0.05, 0.1) is 16.3 Å². The average Bonchev–Trinajstić information content (AvgIpc) is 2.87. The van der Waals surface area contributed by atoms with E-state index in [0.717, 1.165) is 20.7 Å². The zero-order valence-electron chi connectivity index (χ0n) is 11.4. The zero-order valence-corrected chi connectivity index (χ0v) is 13.8. The number of benzene rings is 2. The van der Waals surface area contributed by atoms with Crippen molar-refractivity contribution in [3.8, 4) is 0 Å². The second kappa shape index (κ2) is 5.54. The summed E-state index contributed by atoms with van der Waals surface area (Å²) < 4.78 is 2.36. The molecule has 0 bridgehead atoms. The molecule has 0 aliphatic heterocycles. The van der Waals surface area contributed by atoms with Crippen LogP contribution in [0.1, 0.15) is 23.5 Å². The van der Waals surface area contributed by atoms with Gasteiger partial charge in [0.25, 0.3) is 0 Å². The Balaban J connectivity index is 1.84. The lowest BCUT2D eigenvalue weighted by Gasteiger charge is -2.13. The molecular formula is C16H15BrN2S. The van der Waals surface area contributed by atoms with Crippen LogP contribution in [0.3, 0.4) is 0 Å². The van der Waals surface area contributed by atoms with Crippen LogP contribution in [-0.4, -0.2) is 4.98 Å². The van der Waals surface area contributed by atoms with Crippen molar-refractivity contribution in [2.45, 2.75) is 19.9 Å². The van der Waals surface area contributed by atoms with Crippen molar-refractivity contribution in [3.05, 3.63) is 57.5 Å². The van der Waals surface area contributed by atoms with Gasteiger partial charge in [-0.3, -0.25) is 0 Å². The highest BCUT2D eigenvalue weighted by molar-refractivity contribution is 9.10. The molecule has 0 fully saturated rings. The van der Waals surface area contributed by atoms with Crippen LogP contribution >= 0.6 is 27.3 Å². The minimum absolute atomic E-state index is 0.196. The predicted octanol–water partition coefficient (Wildman–Crippen LogP) is 5.54. The van der Waals surface area contributed by atoms with Gasteiger partial charge in [0, 0.05) is 10.2 Å². The summed E-state index contributed by atoms with van der Waals surface area (Å²) in [5.74, 6) is 0. The Kier molecular flexibility index (Phi) is 3.76. The second-order valence-corrected chi connectivity index (χ2v) is 6.77. The number of hydrogen-bond donors (Lipinski definition) is 1. The molecule has 1 atom stereocenters. The highest BCUT2D eigenvalue weighted by Gasteiger charge is 2.11. The van der Waals surface area contributed by atoms with E-state index in [9.17, 15) is 0 Å². The average molecular weight is 347 g/mol. The Morgan fingerprint density at radius 2 is 2.00 bits per heavy atom. The number of anilines is 1. The van der Waals surface area contributed by atoms with Crippen LogP contribution in [0, 0.1) is 6.92 Å². The summed E-state index contributed by atoms with van der Waals surface area (Å²) in [7, 11) is 0. The maximum Gasteiger partial charge on any atom is 0.116 e. The topological polar surface area (TPSA) is 24.9 Å². The summed E-state index contributed by atoms with van der Waals surface area (Å²) in [6.07, 6.45) is 0. The van der Waals surface area contributed by atoms with Crippen molar-refractivity contribution in [2.24, 2.45) is 0 Å². The molecule has 0 aliphatic carbocycles. The molecule has 3 aromatic rings. The van der Waals surface area contributed by atoms with Crippen LogP contribution in [0.25, 0.3) is 10.2 Å². The van der Waals surface area contributed by atoms with Gasteiger partial charge in [0.2, 0.25) is 0 Å². The van der Waals surface area contributed by atoms with Gasteiger partial charge in [-0.05, 0) is 43.7 Å². The number of halogens is 1. The Hall–Kier alpha value is -1.39. The minimum Gasteiger partial charge on any atom is -0.376 e. The van der Waals surface area contributed by atoms with Gasteiger partial charge in [-0.25, -0.2) is 4.98 Å². The number of nitrogens with one attached hydrogen (secondary N) is 1. The van der Waals surface area contributed by atoms with Crippen molar-refractivity contribution in [1.82, 2.24) is 4.98 Å². The maximum atomic E-state index is 4.69. The van der Waals surface area contributed by atoms with Crippen LogP contribution in [-0.2, 0) is 0 Å². The van der Waals surface area contributed by atoms with Gasteiger partial charge in [-0.15, -0.1) is 11.3 Å². The van der Waals surface area contributed by atoms with E-state index in [1.165, 1.54) is 10.3 Å². The molecule has 0 spiro atoms. The monoisotopic (exact) mass is 346 g/mol. The van der Waals surface area contributed by atoms with Crippen LogP contribution in [0.4, 0.5) is 5.69 Å². The summed E-state index contributed by atoms with van der Waals surface area (Å²) in [5, 5.41) is 4.62. The molecule has 3 rings (SSSR count). The van der Waals surface area contributed by atoms with Crippen molar-refractivity contribution < 1.29 is 0 Å². The number of aromatic nitrogens is 1. The predicted molar refractivity (Wildman–Crippen MR) is 90.5 cm³/mol. The second-order valence-electron chi connectivity index (χ2n) is 4.85. The molecule has 0 radical (unpaired) electrons. The number of hydrogen-bond acceptors (Lipinski definition) is 3. The van der Waals surface area contributed by atoms with Gasteiger partial charge >= 0.3 is 0 Å². The number of thiazole rings is 1. The molecule has 1 N–H and O–H groups in total. The lowest BCUT2D eigenvalue weighted by Crippen LogP contribution is -2.06. The lowest BCUT2D eigenvalue weighted by atomic mass is 10.2. The molecule has 0 saturated carbocycles. The standard InChI is InChI=1S/C16H15BrN2S/c1-10-7-8-12(9-13(10)17)18-11(2)16-19-14-5-3-4-6-15(14)20-16/h3-9,11,18H,1-2H3. The fourth-order valence-electron chi connectivity index (χ4n) is 2.07. The molecule has 4 heteroatoms. The van der Waals surface area contributed by atoms with E-state index in [4.69, 9.17) is 4.98 Å². The molecule has 20 heavy (non-hydrogen) atoms. The molecule has 1 heterocycles. The van der Waals surface area contributed by atoms with Gasteiger partial charge in [0.1, 0.15) is 5.01 Å². The van der Waals surface area contributed by atoms with Crippen LogP contribution in [0.2, 0.25) is 0 Å². The van der Waals surface area contributed by atoms with Gasteiger partial charge in [-0.2, -0.15) is 0 Å². The van der Waals surface area contributed by atoms with E-state index in [2.05, 4.69) is 71.5 Å². The van der Waals surface area contributed by atoms with E-state index >= 15 is 0 Å². The summed E-state index contributed by atoms with van der Waals surface area (Å²) in [5.41, 5.74) is 3.42. The summed E-state index contributed by atoms with van der Waals surface area (Å²) in [4.78, 5) is 4.69. The summed E-state index contributed by atoms with van der Waals surface area (Å²) >= 11 is 5.31.